The maximum absolute atomic E-state index is 14.9. The second-order valence-electron chi connectivity index (χ2n) is 10.4. The number of aldehydes is 1. The van der Waals surface area contributed by atoms with E-state index in [2.05, 4.69) is 27.3 Å². The molecule has 15 heteroatoms. The lowest BCUT2D eigenvalue weighted by molar-refractivity contribution is -0.130. The number of hydrogen-bond acceptors (Lipinski definition) is 10. The third-order valence-electron chi connectivity index (χ3n) is 7.22. The minimum atomic E-state index is -0.794. The number of amides is 3. The van der Waals surface area contributed by atoms with Gasteiger partial charge >= 0.3 is 0 Å². The summed E-state index contributed by atoms with van der Waals surface area (Å²) in [4.78, 5) is 59.8. The van der Waals surface area contributed by atoms with Crippen molar-refractivity contribution in [3.8, 4) is 0 Å². The number of benzene rings is 1. The molecule has 2 aliphatic rings. The van der Waals surface area contributed by atoms with Crippen LogP contribution in [0, 0.1) is 11.6 Å². The van der Waals surface area contributed by atoms with Crippen LogP contribution >= 0.6 is 0 Å². The molecule has 1 saturated heterocycles. The number of halogens is 2. The first kappa shape index (κ1) is 37.7. The molecule has 0 bridgehead atoms. The van der Waals surface area contributed by atoms with Crippen molar-refractivity contribution in [3.63, 3.8) is 0 Å². The lowest BCUT2D eigenvalue weighted by Gasteiger charge is -2.36. The fourth-order valence-corrected chi connectivity index (χ4v) is 4.65. The molecule has 2 heterocycles. The SMILES string of the molecule is C=N/C(C)=C(/C=O)N1C=CN=CC1.CCCC(=O)NCC(CN(C=O)c1cc(F)c(N2CCN(C(=O)CNC)CC2)c(F)c1)OC. The number of nitrogens with zero attached hydrogens (tertiary/aromatic N) is 6. The van der Waals surface area contributed by atoms with Crippen molar-refractivity contribution in [1.82, 2.24) is 20.4 Å². The van der Waals surface area contributed by atoms with Gasteiger partial charge in [-0.15, -0.1) is 0 Å². The van der Waals surface area contributed by atoms with Crippen LogP contribution in [-0.2, 0) is 23.9 Å². The van der Waals surface area contributed by atoms with Gasteiger partial charge in [-0.3, -0.25) is 29.2 Å². The molecular formula is C31H44F2N8O5. The number of hydrogen-bond donors (Lipinski definition) is 2. The van der Waals surface area contributed by atoms with Gasteiger partial charge in [-0.1, -0.05) is 6.92 Å². The van der Waals surface area contributed by atoms with E-state index >= 15 is 0 Å². The molecule has 0 radical (unpaired) electrons. The maximum Gasteiger partial charge on any atom is 0.236 e. The molecule has 13 nitrogen and oxygen atoms in total. The molecule has 0 aliphatic carbocycles. The molecule has 2 aliphatic heterocycles. The standard InChI is InChI=1S/C22H33F2N5O4.C9H11N3O/c1-4-5-20(31)26-12-17(33-3)14-29(15-30)16-10-18(23)22(19(24)11-16)28-8-6-27(7-9-28)21(32)13-25-2;1-8(10-2)9(7-13)12-5-3-11-4-6-12/h10-11,15,17,25H,4-9,12-14H2,1-3H3,(H,26,31);3-5,7H,2,6H2,1H3/b;9-8-. The molecule has 3 amide bonds. The second kappa shape index (κ2) is 19.8. The number of rotatable bonds is 15. The highest BCUT2D eigenvalue weighted by Gasteiger charge is 2.26. The number of ether oxygens (including phenoxy) is 1. The Labute approximate surface area is 268 Å². The van der Waals surface area contributed by atoms with Crippen molar-refractivity contribution >= 4 is 48.8 Å². The predicted octanol–water partition coefficient (Wildman–Crippen LogP) is 1.70. The number of carbonyl (C=O) groups is 4. The van der Waals surface area contributed by atoms with Gasteiger partial charge in [-0.2, -0.15) is 0 Å². The molecule has 1 fully saturated rings. The predicted molar refractivity (Wildman–Crippen MR) is 174 cm³/mol. The molecule has 0 spiro atoms. The average Bonchev–Trinajstić information content (AvgIpc) is 3.06. The smallest absolute Gasteiger partial charge is 0.236 e. The van der Waals surface area contributed by atoms with Crippen LogP contribution in [0.5, 0.6) is 0 Å². The number of methoxy groups -OCH3 is 1. The Bertz CT molecular complexity index is 1270. The van der Waals surface area contributed by atoms with E-state index in [1.807, 2.05) is 6.92 Å². The number of nitrogens with one attached hydrogen (secondary N) is 2. The Hall–Kier alpha value is -4.50. The number of carbonyl (C=O) groups excluding carboxylic acids is 4. The minimum Gasteiger partial charge on any atom is -0.378 e. The van der Waals surface area contributed by atoms with Crippen LogP contribution in [0.25, 0.3) is 0 Å². The van der Waals surface area contributed by atoms with Crippen molar-refractivity contribution in [2.75, 3.05) is 76.3 Å². The van der Waals surface area contributed by atoms with Gasteiger partial charge in [0.05, 0.1) is 31.4 Å². The molecule has 1 unspecified atom stereocenters. The molecular weight excluding hydrogens is 602 g/mol. The van der Waals surface area contributed by atoms with Crippen LogP contribution < -0.4 is 20.4 Å². The van der Waals surface area contributed by atoms with Crippen LogP contribution in [0.4, 0.5) is 20.2 Å². The summed E-state index contributed by atoms with van der Waals surface area (Å²) in [6.07, 6.45) is 6.86. The van der Waals surface area contributed by atoms with Gasteiger partial charge in [0.15, 0.2) is 17.9 Å². The van der Waals surface area contributed by atoms with Crippen molar-refractivity contribution in [3.05, 3.63) is 47.6 Å². The van der Waals surface area contributed by atoms with Crippen LogP contribution in [-0.4, -0.2) is 120 Å². The quantitative estimate of drug-likeness (QED) is 0.167. The van der Waals surface area contributed by atoms with E-state index in [1.165, 1.54) is 7.11 Å². The van der Waals surface area contributed by atoms with Crippen molar-refractivity contribution < 1.29 is 32.7 Å². The summed E-state index contributed by atoms with van der Waals surface area (Å²) in [7, 11) is 3.12. The van der Waals surface area contributed by atoms with E-state index in [9.17, 15) is 28.0 Å². The first-order chi connectivity index (χ1) is 22.1. The molecule has 46 heavy (non-hydrogen) atoms. The average molecular weight is 647 g/mol. The Kier molecular flexibility index (Phi) is 16.2. The normalized spacial score (nSPS) is 15.3. The van der Waals surface area contributed by atoms with Crippen molar-refractivity contribution in [2.45, 2.75) is 32.8 Å². The van der Waals surface area contributed by atoms with E-state index in [0.29, 0.717) is 63.4 Å². The fourth-order valence-electron chi connectivity index (χ4n) is 4.65. The molecule has 0 saturated carbocycles. The lowest BCUT2D eigenvalue weighted by Crippen LogP contribution is -2.51. The van der Waals surface area contributed by atoms with Gasteiger partial charge in [0, 0.05) is 70.6 Å². The monoisotopic (exact) mass is 646 g/mol. The van der Waals surface area contributed by atoms with Gasteiger partial charge in [-0.05, 0) is 39.2 Å². The van der Waals surface area contributed by atoms with Crippen LogP contribution in [0.1, 0.15) is 26.7 Å². The Balaban J connectivity index is 0.000000471. The Morgan fingerprint density at radius 3 is 2.37 bits per heavy atom. The zero-order chi connectivity index (χ0) is 34.1. The molecule has 252 valence electrons. The lowest BCUT2D eigenvalue weighted by atomic mass is 10.2. The molecule has 2 N–H and O–H groups in total. The van der Waals surface area contributed by atoms with Gasteiger partial charge in [-0.25, -0.2) is 8.78 Å². The summed E-state index contributed by atoms with van der Waals surface area (Å²) in [5, 5.41) is 5.51. The van der Waals surface area contributed by atoms with Gasteiger partial charge in [0.2, 0.25) is 18.2 Å². The minimum absolute atomic E-state index is 0.0108. The molecule has 1 atom stereocenters. The summed E-state index contributed by atoms with van der Waals surface area (Å²) in [5.41, 5.74) is 1.02. The zero-order valence-corrected chi connectivity index (χ0v) is 26.9. The van der Waals surface area contributed by atoms with E-state index in [-0.39, 0.29) is 42.8 Å². The number of likely N-dealkylation sites (N-methyl/N-ethyl adjacent to an activating group) is 1. The highest BCUT2D eigenvalue weighted by atomic mass is 19.1. The highest BCUT2D eigenvalue weighted by Crippen LogP contribution is 2.29. The third-order valence-corrected chi connectivity index (χ3v) is 7.22. The first-order valence-electron chi connectivity index (χ1n) is 14.9. The van der Waals surface area contributed by atoms with E-state index in [1.54, 1.807) is 47.3 Å². The number of aliphatic imine (C=N–C) groups is 2. The number of piperazine rings is 1. The summed E-state index contributed by atoms with van der Waals surface area (Å²) in [5.74, 6) is -1.78. The highest BCUT2D eigenvalue weighted by molar-refractivity contribution is 5.79. The van der Waals surface area contributed by atoms with Crippen molar-refractivity contribution in [1.29, 1.82) is 0 Å². The van der Waals surface area contributed by atoms with E-state index in [4.69, 9.17) is 4.74 Å². The molecule has 1 aromatic rings. The number of anilines is 2. The molecule has 3 rings (SSSR count). The van der Waals surface area contributed by atoms with E-state index in [0.717, 1.165) is 23.3 Å². The summed E-state index contributed by atoms with van der Waals surface area (Å²) in [6.45, 7) is 9.30. The molecule has 0 aromatic heterocycles. The van der Waals surface area contributed by atoms with Crippen LogP contribution in [0.15, 0.2) is 45.9 Å². The van der Waals surface area contributed by atoms with Gasteiger partial charge in [0.1, 0.15) is 11.4 Å². The zero-order valence-electron chi connectivity index (χ0n) is 26.9. The van der Waals surface area contributed by atoms with Gasteiger partial charge in [0.25, 0.3) is 0 Å². The van der Waals surface area contributed by atoms with Crippen molar-refractivity contribution in [2.24, 2.45) is 9.98 Å². The second-order valence-corrected chi connectivity index (χ2v) is 10.4. The summed E-state index contributed by atoms with van der Waals surface area (Å²) in [6, 6.07) is 2.21. The fraction of sp³-hybridized carbons (Fsp3) is 0.484. The van der Waals surface area contributed by atoms with E-state index < -0.39 is 17.7 Å². The Morgan fingerprint density at radius 1 is 1.20 bits per heavy atom. The van der Waals surface area contributed by atoms with Crippen LogP contribution in [0.2, 0.25) is 0 Å². The third kappa shape index (κ3) is 11.1. The maximum atomic E-state index is 14.9. The topological polar surface area (TPSA) is 139 Å². The number of allylic oxidation sites excluding steroid dienone is 2. The van der Waals surface area contributed by atoms with Gasteiger partial charge < -0.3 is 35.0 Å². The van der Waals surface area contributed by atoms with Crippen LogP contribution in [0.3, 0.4) is 0 Å². The Morgan fingerprint density at radius 2 is 1.87 bits per heavy atom. The molecule has 1 aromatic carbocycles. The summed E-state index contributed by atoms with van der Waals surface area (Å²) < 4.78 is 35.2. The summed E-state index contributed by atoms with van der Waals surface area (Å²) >= 11 is 0. The first-order valence-corrected chi connectivity index (χ1v) is 14.9. The largest absolute Gasteiger partial charge is 0.378 e.